The van der Waals surface area contributed by atoms with Crippen LogP contribution in [0.2, 0.25) is 0 Å². The van der Waals surface area contributed by atoms with Crippen LogP contribution in [0.3, 0.4) is 0 Å². The van der Waals surface area contributed by atoms with E-state index in [-0.39, 0.29) is 11.4 Å². The molecule has 0 bridgehead atoms. The maximum absolute atomic E-state index is 12.2. The highest BCUT2D eigenvalue weighted by atomic mass is 32.1. The summed E-state index contributed by atoms with van der Waals surface area (Å²) in [7, 11) is 1.88. The molecular weight excluding hydrogens is 294 g/mol. The van der Waals surface area contributed by atoms with Gasteiger partial charge in [-0.15, -0.1) is 11.3 Å². The molecule has 1 fully saturated rings. The first-order chi connectivity index (χ1) is 10.7. The number of rotatable bonds is 6. The van der Waals surface area contributed by atoms with Crippen LogP contribution in [0.5, 0.6) is 0 Å². The molecule has 5 heteroatoms. The number of hydrogen-bond donors (Lipinski definition) is 1. The van der Waals surface area contributed by atoms with Crippen LogP contribution >= 0.6 is 11.3 Å². The Morgan fingerprint density at radius 1 is 1.36 bits per heavy atom. The molecule has 22 heavy (non-hydrogen) atoms. The molecule has 0 spiro atoms. The first-order valence-electron chi connectivity index (χ1n) is 7.61. The topological polar surface area (TPSA) is 45.2 Å². The third-order valence-electron chi connectivity index (χ3n) is 4.27. The second-order valence-corrected chi connectivity index (χ2v) is 6.68. The smallest absolute Gasteiger partial charge is 0.317 e. The highest BCUT2D eigenvalue weighted by molar-refractivity contribution is 7.07. The van der Waals surface area contributed by atoms with Crippen LogP contribution in [-0.4, -0.2) is 36.1 Å². The summed E-state index contributed by atoms with van der Waals surface area (Å²) in [5, 5.41) is 4.99. The van der Waals surface area contributed by atoms with Gasteiger partial charge in [0.15, 0.2) is 0 Å². The minimum Gasteiger partial charge on any atom is -0.338 e. The van der Waals surface area contributed by atoms with Crippen molar-refractivity contribution in [1.29, 1.82) is 0 Å². The lowest BCUT2D eigenvalue weighted by molar-refractivity contribution is 0.204. The Hall–Kier alpha value is -1.88. The monoisotopic (exact) mass is 315 g/mol. The number of hydrogen-bond acceptors (Lipinski definition) is 3. The summed E-state index contributed by atoms with van der Waals surface area (Å²) in [5.41, 5.74) is 4.37. The zero-order valence-corrected chi connectivity index (χ0v) is 13.6. The van der Waals surface area contributed by atoms with E-state index in [0.717, 1.165) is 31.5 Å². The zero-order valence-electron chi connectivity index (χ0n) is 12.8. The Morgan fingerprint density at radius 2 is 2.14 bits per heavy atom. The highest BCUT2D eigenvalue weighted by Crippen LogP contribution is 2.48. The molecule has 1 aliphatic carbocycles. The van der Waals surface area contributed by atoms with E-state index < -0.39 is 0 Å². The zero-order chi connectivity index (χ0) is 15.4. The molecule has 0 radical (unpaired) electrons. The predicted octanol–water partition coefficient (Wildman–Crippen LogP) is 3.06. The first-order valence-corrected chi connectivity index (χ1v) is 8.55. The van der Waals surface area contributed by atoms with Gasteiger partial charge >= 0.3 is 6.03 Å². The van der Waals surface area contributed by atoms with Gasteiger partial charge in [0.1, 0.15) is 0 Å². The lowest BCUT2D eigenvalue weighted by atomic mass is 9.95. The number of amides is 2. The second kappa shape index (κ2) is 6.48. The van der Waals surface area contributed by atoms with Gasteiger partial charge in [0.2, 0.25) is 0 Å². The summed E-state index contributed by atoms with van der Waals surface area (Å²) in [6, 6.07) is 10.5. The quantitative estimate of drug-likeness (QED) is 0.890. The van der Waals surface area contributed by atoms with Crippen LogP contribution in [0.4, 0.5) is 4.79 Å². The molecule has 1 aromatic carbocycles. The van der Waals surface area contributed by atoms with Gasteiger partial charge in [-0.25, -0.2) is 9.78 Å². The van der Waals surface area contributed by atoms with Crippen LogP contribution in [0.1, 0.15) is 24.1 Å². The lowest BCUT2D eigenvalue weighted by Crippen LogP contribution is -2.42. The first kappa shape index (κ1) is 15.0. The average Bonchev–Trinajstić information content (AvgIpc) is 3.13. The Balaban J connectivity index is 1.49. The Morgan fingerprint density at radius 3 is 2.77 bits per heavy atom. The van der Waals surface area contributed by atoms with Gasteiger partial charge in [-0.2, -0.15) is 0 Å². The fourth-order valence-electron chi connectivity index (χ4n) is 2.80. The van der Waals surface area contributed by atoms with Crippen molar-refractivity contribution in [3.63, 3.8) is 0 Å². The SMILES string of the molecule is CN(CC1(c2ccccc2)CC1)C(=O)NCCc1cscn1. The number of carbonyl (C=O) groups is 1. The van der Waals surface area contributed by atoms with Gasteiger partial charge in [0.25, 0.3) is 0 Å². The van der Waals surface area contributed by atoms with Crippen molar-refractivity contribution in [3.8, 4) is 0 Å². The summed E-state index contributed by atoms with van der Waals surface area (Å²) < 4.78 is 0. The van der Waals surface area contributed by atoms with Crippen molar-refractivity contribution in [1.82, 2.24) is 15.2 Å². The normalized spacial score (nSPS) is 15.3. The third kappa shape index (κ3) is 3.47. The van der Waals surface area contributed by atoms with Crippen molar-refractivity contribution in [2.75, 3.05) is 20.1 Å². The summed E-state index contributed by atoms with van der Waals surface area (Å²) in [5.74, 6) is 0. The minimum absolute atomic E-state index is 0.00237. The van der Waals surface area contributed by atoms with E-state index in [1.807, 2.05) is 24.0 Å². The van der Waals surface area contributed by atoms with Crippen LogP contribution in [-0.2, 0) is 11.8 Å². The second-order valence-electron chi connectivity index (χ2n) is 5.96. The molecule has 0 aliphatic heterocycles. The number of carbonyl (C=O) groups excluding carboxylic acids is 1. The highest BCUT2D eigenvalue weighted by Gasteiger charge is 2.45. The number of thiazole rings is 1. The molecule has 0 atom stereocenters. The van der Waals surface area contributed by atoms with Gasteiger partial charge in [0, 0.05) is 37.4 Å². The number of aromatic nitrogens is 1. The van der Waals surface area contributed by atoms with E-state index in [1.165, 1.54) is 5.56 Å². The summed E-state index contributed by atoms with van der Waals surface area (Å²) >= 11 is 1.58. The lowest BCUT2D eigenvalue weighted by Gasteiger charge is -2.24. The molecule has 2 aromatic rings. The summed E-state index contributed by atoms with van der Waals surface area (Å²) in [4.78, 5) is 18.2. The standard InChI is InChI=1S/C17H21N3OS/c1-20(16(21)18-10-7-15-11-22-13-19-15)12-17(8-9-17)14-5-3-2-4-6-14/h2-6,11,13H,7-10,12H2,1H3,(H,18,21). The number of nitrogens with one attached hydrogen (secondary N) is 1. The Bertz CT molecular complexity index is 608. The molecule has 1 aromatic heterocycles. The fraction of sp³-hybridized carbons (Fsp3) is 0.412. The molecule has 1 saturated carbocycles. The van der Waals surface area contributed by atoms with Crippen LogP contribution in [0.25, 0.3) is 0 Å². The number of nitrogens with zero attached hydrogens (tertiary/aromatic N) is 2. The number of urea groups is 1. The van der Waals surface area contributed by atoms with Crippen molar-refractivity contribution in [3.05, 3.63) is 52.5 Å². The third-order valence-corrected chi connectivity index (χ3v) is 4.90. The minimum atomic E-state index is -0.00237. The molecule has 3 rings (SSSR count). The van der Waals surface area contributed by atoms with Crippen molar-refractivity contribution >= 4 is 17.4 Å². The van der Waals surface area contributed by atoms with Gasteiger partial charge in [0.05, 0.1) is 11.2 Å². The van der Waals surface area contributed by atoms with E-state index >= 15 is 0 Å². The molecule has 116 valence electrons. The predicted molar refractivity (Wildman–Crippen MR) is 89.2 cm³/mol. The Labute approximate surface area is 135 Å². The van der Waals surface area contributed by atoms with E-state index in [1.54, 1.807) is 16.2 Å². The van der Waals surface area contributed by atoms with Crippen molar-refractivity contribution in [2.24, 2.45) is 0 Å². The van der Waals surface area contributed by atoms with Gasteiger partial charge in [-0.3, -0.25) is 0 Å². The average molecular weight is 315 g/mol. The van der Waals surface area contributed by atoms with Crippen LogP contribution < -0.4 is 5.32 Å². The summed E-state index contributed by atoms with van der Waals surface area (Å²) in [6.07, 6.45) is 3.10. The molecule has 4 nitrogen and oxygen atoms in total. The molecule has 1 heterocycles. The molecule has 2 amide bonds. The largest absolute Gasteiger partial charge is 0.338 e. The molecule has 1 aliphatic rings. The van der Waals surface area contributed by atoms with Gasteiger partial charge in [-0.1, -0.05) is 30.3 Å². The van der Waals surface area contributed by atoms with Crippen molar-refractivity contribution in [2.45, 2.75) is 24.7 Å². The van der Waals surface area contributed by atoms with Gasteiger partial charge in [-0.05, 0) is 18.4 Å². The van der Waals surface area contributed by atoms with Crippen molar-refractivity contribution < 1.29 is 4.79 Å². The van der Waals surface area contributed by atoms with E-state index in [9.17, 15) is 4.79 Å². The number of likely N-dealkylation sites (N-methyl/N-ethyl adjacent to an activating group) is 1. The molecule has 0 saturated heterocycles. The Kier molecular flexibility index (Phi) is 4.43. The van der Waals surface area contributed by atoms with E-state index in [0.29, 0.717) is 6.54 Å². The van der Waals surface area contributed by atoms with E-state index in [4.69, 9.17) is 0 Å². The molecular formula is C17H21N3OS. The van der Waals surface area contributed by atoms with Crippen LogP contribution in [0.15, 0.2) is 41.2 Å². The van der Waals surface area contributed by atoms with Gasteiger partial charge < -0.3 is 10.2 Å². The summed E-state index contributed by atoms with van der Waals surface area (Å²) in [6.45, 7) is 1.41. The molecule has 0 unspecified atom stereocenters. The fourth-order valence-corrected chi connectivity index (χ4v) is 3.39. The maximum Gasteiger partial charge on any atom is 0.317 e. The number of benzene rings is 1. The van der Waals surface area contributed by atoms with Crippen LogP contribution in [0, 0.1) is 0 Å². The van der Waals surface area contributed by atoms with E-state index in [2.05, 4.69) is 34.6 Å². The maximum atomic E-state index is 12.2. The molecule has 1 N–H and O–H groups in total.